The molecule has 2 N–H and O–H groups in total. The van der Waals surface area contributed by atoms with Gasteiger partial charge in [0.15, 0.2) is 5.82 Å². The van der Waals surface area contributed by atoms with E-state index in [4.69, 9.17) is 9.47 Å². The molecule has 1 amide bonds. The predicted molar refractivity (Wildman–Crippen MR) is 103 cm³/mol. The Morgan fingerprint density at radius 1 is 1.32 bits per heavy atom. The van der Waals surface area contributed by atoms with Crippen LogP contribution < -0.4 is 10.1 Å². The molecule has 0 saturated heterocycles. The van der Waals surface area contributed by atoms with Crippen LogP contribution in [0.15, 0.2) is 30.6 Å². The highest BCUT2D eigenvalue weighted by atomic mass is 16.5. The summed E-state index contributed by atoms with van der Waals surface area (Å²) in [6.45, 7) is 2.36. The molecule has 3 aromatic rings. The van der Waals surface area contributed by atoms with Gasteiger partial charge in [-0.1, -0.05) is 0 Å². The topological polar surface area (TPSA) is 106 Å². The Morgan fingerprint density at radius 2 is 2.14 bits per heavy atom. The molecule has 144 valence electrons. The monoisotopic (exact) mass is 380 g/mol. The second-order valence-electron chi connectivity index (χ2n) is 6.54. The van der Waals surface area contributed by atoms with Crippen molar-refractivity contribution in [1.29, 1.82) is 0 Å². The van der Waals surface area contributed by atoms with Crippen molar-refractivity contribution in [1.82, 2.24) is 15.0 Å². The van der Waals surface area contributed by atoms with E-state index in [1.165, 1.54) is 13.3 Å². The van der Waals surface area contributed by atoms with Crippen molar-refractivity contribution in [3.8, 4) is 17.1 Å². The third-order valence-electron chi connectivity index (χ3n) is 4.60. The number of methoxy groups -OCH3 is 1. The molecule has 8 nitrogen and oxygen atoms in total. The highest BCUT2D eigenvalue weighted by Gasteiger charge is 2.30. The highest BCUT2D eigenvalue weighted by molar-refractivity contribution is 6.10. The minimum absolute atomic E-state index is 0.0365. The molecule has 0 aromatic carbocycles. The lowest BCUT2D eigenvalue weighted by Gasteiger charge is -2.07. The maximum atomic E-state index is 12.2. The number of nitrogens with zero attached hydrogens (tertiary/aromatic N) is 2. The third-order valence-corrected chi connectivity index (χ3v) is 4.60. The van der Waals surface area contributed by atoms with Gasteiger partial charge >= 0.3 is 5.97 Å². The summed E-state index contributed by atoms with van der Waals surface area (Å²) in [5.74, 6) is 0.335. The zero-order valence-corrected chi connectivity index (χ0v) is 15.6. The lowest BCUT2D eigenvalue weighted by molar-refractivity contribution is -0.117. The van der Waals surface area contributed by atoms with Crippen LogP contribution in [0.1, 0.15) is 30.1 Å². The molecular formula is C20H20N4O4. The molecule has 1 aliphatic rings. The zero-order valence-electron chi connectivity index (χ0n) is 15.6. The summed E-state index contributed by atoms with van der Waals surface area (Å²) in [7, 11) is 1.32. The van der Waals surface area contributed by atoms with Gasteiger partial charge in [0.25, 0.3) is 0 Å². The molecule has 0 unspecified atom stereocenters. The Bertz CT molecular complexity index is 1060. The second kappa shape index (κ2) is 7.30. The van der Waals surface area contributed by atoms with E-state index in [2.05, 4.69) is 20.3 Å². The van der Waals surface area contributed by atoms with E-state index in [0.29, 0.717) is 40.5 Å². The number of esters is 1. The van der Waals surface area contributed by atoms with Crippen LogP contribution in [-0.2, 0) is 9.53 Å². The molecule has 0 aliphatic heterocycles. The first-order valence-electron chi connectivity index (χ1n) is 9.11. The van der Waals surface area contributed by atoms with Gasteiger partial charge in [-0.25, -0.2) is 14.8 Å². The van der Waals surface area contributed by atoms with Gasteiger partial charge in [-0.15, -0.1) is 0 Å². The van der Waals surface area contributed by atoms with E-state index in [0.717, 1.165) is 18.4 Å². The van der Waals surface area contributed by atoms with Crippen LogP contribution in [0.4, 0.5) is 5.82 Å². The van der Waals surface area contributed by atoms with Crippen molar-refractivity contribution in [2.75, 3.05) is 19.0 Å². The maximum Gasteiger partial charge on any atom is 0.340 e. The van der Waals surface area contributed by atoms with Crippen molar-refractivity contribution < 1.29 is 19.1 Å². The summed E-state index contributed by atoms with van der Waals surface area (Å²) < 4.78 is 10.5. The number of ether oxygens (including phenoxy) is 2. The quantitative estimate of drug-likeness (QED) is 0.636. The number of anilines is 1. The molecular weight excluding hydrogens is 360 g/mol. The van der Waals surface area contributed by atoms with E-state index in [1.54, 1.807) is 12.3 Å². The van der Waals surface area contributed by atoms with Gasteiger partial charge in [-0.2, -0.15) is 0 Å². The SMILES string of the molecule is CCOc1ncccc1-c1cc2c(C(=O)OC)cnc(NC(=O)C3CC3)c2[nH]1. The van der Waals surface area contributed by atoms with Crippen LogP contribution >= 0.6 is 0 Å². The Hall–Kier alpha value is -3.42. The minimum Gasteiger partial charge on any atom is -0.477 e. The smallest absolute Gasteiger partial charge is 0.340 e. The van der Waals surface area contributed by atoms with Crippen LogP contribution in [0.3, 0.4) is 0 Å². The van der Waals surface area contributed by atoms with E-state index < -0.39 is 5.97 Å². The largest absolute Gasteiger partial charge is 0.477 e. The van der Waals surface area contributed by atoms with Gasteiger partial charge in [0.1, 0.15) is 0 Å². The van der Waals surface area contributed by atoms with Crippen molar-refractivity contribution in [2.45, 2.75) is 19.8 Å². The first kappa shape index (κ1) is 18.0. The number of H-pyrrole nitrogens is 1. The van der Waals surface area contributed by atoms with Crippen LogP contribution in [0.5, 0.6) is 5.88 Å². The van der Waals surface area contributed by atoms with Gasteiger partial charge in [-0.05, 0) is 38.0 Å². The number of pyridine rings is 2. The van der Waals surface area contributed by atoms with Gasteiger partial charge in [0, 0.05) is 23.7 Å². The number of aromatic nitrogens is 3. The number of carbonyl (C=O) groups is 2. The lowest BCUT2D eigenvalue weighted by atomic mass is 10.1. The molecule has 0 spiro atoms. The summed E-state index contributed by atoms with van der Waals surface area (Å²) in [6.07, 6.45) is 4.85. The first-order chi connectivity index (χ1) is 13.6. The Balaban J connectivity index is 1.85. The molecule has 8 heteroatoms. The average molecular weight is 380 g/mol. The van der Waals surface area contributed by atoms with Gasteiger partial charge in [0.05, 0.1) is 36.1 Å². The average Bonchev–Trinajstić information content (AvgIpc) is 3.47. The molecule has 28 heavy (non-hydrogen) atoms. The number of aromatic amines is 1. The number of fused-ring (bicyclic) bond motifs is 1. The van der Waals surface area contributed by atoms with Crippen LogP contribution in [0.2, 0.25) is 0 Å². The molecule has 0 atom stereocenters. The van der Waals surface area contributed by atoms with Crippen molar-refractivity contribution in [3.63, 3.8) is 0 Å². The highest BCUT2D eigenvalue weighted by Crippen LogP contribution is 2.35. The lowest BCUT2D eigenvalue weighted by Crippen LogP contribution is -2.15. The number of hydrogen-bond donors (Lipinski definition) is 2. The standard InChI is InChI=1S/C20H20N4O4/c1-3-28-19-12(5-4-8-21-19)15-9-13-14(20(26)27-2)10-22-17(16(13)23-15)24-18(25)11-6-7-11/h4-5,8-11,23H,3,6-7H2,1-2H3,(H,22,24,25). The van der Waals surface area contributed by atoms with Crippen molar-refractivity contribution in [2.24, 2.45) is 5.92 Å². The van der Waals surface area contributed by atoms with Crippen molar-refractivity contribution >= 4 is 28.6 Å². The normalized spacial score (nSPS) is 13.4. The van der Waals surface area contributed by atoms with Gasteiger partial charge < -0.3 is 19.8 Å². The van der Waals surface area contributed by atoms with Crippen LogP contribution in [0, 0.1) is 5.92 Å². The molecule has 1 fully saturated rings. The molecule has 0 bridgehead atoms. The molecule has 3 heterocycles. The first-order valence-corrected chi connectivity index (χ1v) is 9.11. The predicted octanol–water partition coefficient (Wildman–Crippen LogP) is 3.16. The Kier molecular flexibility index (Phi) is 4.68. The number of amides is 1. The minimum atomic E-state index is -0.501. The van der Waals surface area contributed by atoms with Crippen LogP contribution in [-0.4, -0.2) is 40.5 Å². The fourth-order valence-corrected chi connectivity index (χ4v) is 3.04. The molecule has 1 saturated carbocycles. The number of carbonyl (C=O) groups excluding carboxylic acids is 2. The van der Waals surface area contributed by atoms with Crippen LogP contribution in [0.25, 0.3) is 22.2 Å². The summed E-state index contributed by atoms with van der Waals surface area (Å²) in [4.78, 5) is 36.2. The number of nitrogens with one attached hydrogen (secondary N) is 2. The van der Waals surface area contributed by atoms with Gasteiger partial charge in [-0.3, -0.25) is 4.79 Å². The van der Waals surface area contributed by atoms with E-state index in [-0.39, 0.29) is 11.8 Å². The fraction of sp³-hybridized carbons (Fsp3) is 0.300. The number of hydrogen-bond acceptors (Lipinski definition) is 6. The summed E-state index contributed by atoms with van der Waals surface area (Å²) in [5, 5.41) is 3.46. The second-order valence-corrected chi connectivity index (χ2v) is 6.54. The Morgan fingerprint density at radius 3 is 2.86 bits per heavy atom. The third kappa shape index (κ3) is 3.28. The fourth-order valence-electron chi connectivity index (χ4n) is 3.04. The molecule has 3 aromatic heterocycles. The summed E-state index contributed by atoms with van der Waals surface area (Å²) in [6, 6.07) is 5.49. The molecule has 0 radical (unpaired) electrons. The van der Waals surface area contributed by atoms with E-state index in [1.807, 2.05) is 19.1 Å². The number of rotatable bonds is 6. The maximum absolute atomic E-state index is 12.2. The Labute approximate surface area is 161 Å². The molecule has 4 rings (SSSR count). The van der Waals surface area contributed by atoms with E-state index >= 15 is 0 Å². The zero-order chi connectivity index (χ0) is 19.7. The van der Waals surface area contributed by atoms with Gasteiger partial charge in [0.2, 0.25) is 11.8 Å². The van der Waals surface area contributed by atoms with E-state index in [9.17, 15) is 9.59 Å². The summed E-state index contributed by atoms with van der Waals surface area (Å²) in [5.41, 5.74) is 2.31. The summed E-state index contributed by atoms with van der Waals surface area (Å²) >= 11 is 0. The molecule has 1 aliphatic carbocycles. The van der Waals surface area contributed by atoms with Crippen molar-refractivity contribution in [3.05, 3.63) is 36.2 Å².